The Labute approximate surface area is 190 Å². The number of aliphatic imine (C=N–C) groups is 1. The smallest absolute Gasteiger partial charge is 0.220 e. The maximum Gasteiger partial charge on any atom is 0.220 e. The van der Waals surface area contributed by atoms with Crippen LogP contribution in [0.15, 0.2) is 29.4 Å². The molecule has 0 aliphatic carbocycles. The van der Waals surface area contributed by atoms with E-state index in [1.54, 1.807) is 7.05 Å². The van der Waals surface area contributed by atoms with E-state index in [2.05, 4.69) is 58.8 Å². The summed E-state index contributed by atoms with van der Waals surface area (Å²) in [7, 11) is 1.71. The molecule has 0 atom stereocenters. The monoisotopic (exact) mass is 511 g/mol. The zero-order valence-corrected chi connectivity index (χ0v) is 20.1. The fraction of sp³-hybridized carbons (Fsp3) is 0.545. The number of H-pyrrole nitrogens is 1. The van der Waals surface area contributed by atoms with Crippen LogP contribution in [-0.2, 0) is 11.2 Å². The van der Waals surface area contributed by atoms with Crippen molar-refractivity contribution in [1.29, 1.82) is 0 Å². The van der Waals surface area contributed by atoms with Crippen molar-refractivity contribution in [1.82, 2.24) is 20.5 Å². The minimum Gasteiger partial charge on any atom is -0.361 e. The van der Waals surface area contributed by atoms with Gasteiger partial charge in [0.15, 0.2) is 5.96 Å². The molecule has 1 amide bonds. The first-order chi connectivity index (χ1) is 13.6. The second kappa shape index (κ2) is 11.4. The molecule has 3 rings (SSSR count). The molecule has 0 bridgehead atoms. The number of aromatic amines is 1. The molecule has 0 spiro atoms. The SMILES string of the molecule is CCNC(=NCCc1c[nH]c2cc(C)ccc12)N1CCC(CC(=O)NC)CC1.I. The number of nitrogens with one attached hydrogen (secondary N) is 3. The van der Waals surface area contributed by atoms with Gasteiger partial charge in [-0.2, -0.15) is 0 Å². The molecule has 0 radical (unpaired) electrons. The number of hydrogen-bond donors (Lipinski definition) is 3. The van der Waals surface area contributed by atoms with Crippen LogP contribution >= 0.6 is 24.0 Å². The van der Waals surface area contributed by atoms with Crippen LogP contribution in [-0.4, -0.2) is 55.0 Å². The Kier molecular flexibility index (Phi) is 9.26. The highest BCUT2D eigenvalue weighted by Crippen LogP contribution is 2.21. The predicted octanol–water partition coefficient (Wildman–Crippen LogP) is 3.45. The first kappa shape index (κ1) is 23.5. The molecule has 1 fully saturated rings. The van der Waals surface area contributed by atoms with Gasteiger partial charge in [-0.1, -0.05) is 12.1 Å². The molecule has 1 aliphatic heterocycles. The highest BCUT2D eigenvalue weighted by Gasteiger charge is 2.23. The number of amides is 1. The molecule has 3 N–H and O–H groups in total. The number of nitrogens with zero attached hydrogens (tertiary/aromatic N) is 2. The number of aromatic nitrogens is 1. The zero-order chi connectivity index (χ0) is 19.9. The molecular weight excluding hydrogens is 477 g/mol. The van der Waals surface area contributed by atoms with E-state index < -0.39 is 0 Å². The summed E-state index contributed by atoms with van der Waals surface area (Å²) in [6.45, 7) is 7.77. The van der Waals surface area contributed by atoms with E-state index in [9.17, 15) is 4.79 Å². The van der Waals surface area contributed by atoms with Gasteiger partial charge in [-0.3, -0.25) is 9.79 Å². The summed E-state index contributed by atoms with van der Waals surface area (Å²) in [4.78, 5) is 22.2. The lowest BCUT2D eigenvalue weighted by molar-refractivity contribution is -0.121. The highest BCUT2D eigenvalue weighted by atomic mass is 127. The first-order valence-corrected chi connectivity index (χ1v) is 10.4. The molecular formula is C22H34IN5O. The molecule has 1 aliphatic rings. The third kappa shape index (κ3) is 6.35. The molecule has 160 valence electrons. The zero-order valence-electron chi connectivity index (χ0n) is 17.8. The van der Waals surface area contributed by atoms with Crippen molar-refractivity contribution in [3.8, 4) is 0 Å². The number of fused-ring (bicyclic) bond motifs is 1. The van der Waals surface area contributed by atoms with Crippen LogP contribution in [0.4, 0.5) is 0 Å². The Hall–Kier alpha value is -1.77. The Balaban J connectivity index is 0.00000300. The summed E-state index contributed by atoms with van der Waals surface area (Å²) in [5, 5.41) is 7.46. The van der Waals surface area contributed by atoms with Gasteiger partial charge in [0.25, 0.3) is 0 Å². The minimum absolute atomic E-state index is 0. The van der Waals surface area contributed by atoms with Gasteiger partial charge in [-0.15, -0.1) is 24.0 Å². The Morgan fingerprint density at radius 1 is 1.31 bits per heavy atom. The average Bonchev–Trinajstić information content (AvgIpc) is 3.10. The molecule has 1 aromatic heterocycles. The van der Waals surface area contributed by atoms with Gasteiger partial charge in [0, 0.05) is 56.7 Å². The van der Waals surface area contributed by atoms with E-state index in [1.807, 2.05) is 0 Å². The van der Waals surface area contributed by atoms with Gasteiger partial charge in [0.2, 0.25) is 5.91 Å². The summed E-state index contributed by atoms with van der Waals surface area (Å²) < 4.78 is 0. The van der Waals surface area contributed by atoms with Crippen LogP contribution < -0.4 is 10.6 Å². The fourth-order valence-corrected chi connectivity index (χ4v) is 3.93. The van der Waals surface area contributed by atoms with Gasteiger partial charge in [0.1, 0.15) is 0 Å². The normalized spacial score (nSPS) is 15.3. The number of benzene rings is 1. The van der Waals surface area contributed by atoms with Crippen molar-refractivity contribution in [3.63, 3.8) is 0 Å². The first-order valence-electron chi connectivity index (χ1n) is 10.4. The number of piperidine rings is 1. The van der Waals surface area contributed by atoms with E-state index in [1.165, 1.54) is 22.0 Å². The third-order valence-electron chi connectivity index (χ3n) is 5.57. The summed E-state index contributed by atoms with van der Waals surface area (Å²) in [6.07, 6.45) is 5.75. The van der Waals surface area contributed by atoms with Crippen LogP contribution in [0.1, 0.15) is 37.3 Å². The van der Waals surface area contributed by atoms with Crippen molar-refractivity contribution < 1.29 is 4.79 Å². The highest BCUT2D eigenvalue weighted by molar-refractivity contribution is 14.0. The molecule has 2 aromatic rings. The maximum atomic E-state index is 11.6. The Bertz CT molecular complexity index is 824. The van der Waals surface area contributed by atoms with Crippen molar-refractivity contribution in [3.05, 3.63) is 35.5 Å². The van der Waals surface area contributed by atoms with E-state index in [4.69, 9.17) is 4.99 Å². The summed E-state index contributed by atoms with van der Waals surface area (Å²) in [5.41, 5.74) is 3.79. The number of carbonyl (C=O) groups excluding carboxylic acids is 1. The van der Waals surface area contributed by atoms with Crippen molar-refractivity contribution in [2.24, 2.45) is 10.9 Å². The minimum atomic E-state index is 0. The number of aryl methyl sites for hydroxylation is 1. The number of halogens is 1. The van der Waals surface area contributed by atoms with Gasteiger partial charge in [-0.05, 0) is 56.2 Å². The van der Waals surface area contributed by atoms with E-state index in [-0.39, 0.29) is 29.9 Å². The number of guanidine groups is 1. The largest absolute Gasteiger partial charge is 0.361 e. The number of rotatable bonds is 6. The number of likely N-dealkylation sites (tertiary alicyclic amines) is 1. The maximum absolute atomic E-state index is 11.6. The van der Waals surface area contributed by atoms with Crippen LogP contribution in [0.5, 0.6) is 0 Å². The van der Waals surface area contributed by atoms with E-state index in [0.29, 0.717) is 12.3 Å². The molecule has 0 unspecified atom stereocenters. The molecule has 29 heavy (non-hydrogen) atoms. The summed E-state index contributed by atoms with van der Waals surface area (Å²) in [6, 6.07) is 6.55. The standard InChI is InChI=1S/C22H33N5O.HI/c1-4-24-22(27-11-8-17(9-12-27)14-21(28)23-3)25-10-7-18-15-26-20-13-16(2)5-6-19(18)20;/h5-6,13,15,17,26H,4,7-12,14H2,1-3H3,(H,23,28)(H,24,25);1H. The van der Waals surface area contributed by atoms with Gasteiger partial charge >= 0.3 is 0 Å². The van der Waals surface area contributed by atoms with Gasteiger partial charge < -0.3 is 20.5 Å². The molecule has 7 heteroatoms. The molecule has 0 saturated carbocycles. The van der Waals surface area contributed by atoms with Crippen molar-refractivity contribution >= 4 is 46.7 Å². The lowest BCUT2D eigenvalue weighted by Crippen LogP contribution is -2.46. The van der Waals surface area contributed by atoms with Gasteiger partial charge in [0.05, 0.1) is 0 Å². The van der Waals surface area contributed by atoms with Crippen LogP contribution in [0, 0.1) is 12.8 Å². The van der Waals surface area contributed by atoms with Gasteiger partial charge in [-0.25, -0.2) is 0 Å². The lowest BCUT2D eigenvalue weighted by Gasteiger charge is -2.34. The number of carbonyl (C=O) groups is 1. The Morgan fingerprint density at radius 3 is 2.76 bits per heavy atom. The van der Waals surface area contributed by atoms with E-state index >= 15 is 0 Å². The average molecular weight is 511 g/mol. The number of hydrogen-bond acceptors (Lipinski definition) is 2. The third-order valence-corrected chi connectivity index (χ3v) is 5.57. The fourth-order valence-electron chi connectivity index (χ4n) is 3.93. The van der Waals surface area contributed by atoms with Crippen LogP contribution in [0.3, 0.4) is 0 Å². The molecule has 1 saturated heterocycles. The quantitative estimate of drug-likeness (QED) is 0.316. The second-order valence-corrected chi connectivity index (χ2v) is 7.66. The van der Waals surface area contributed by atoms with Crippen molar-refractivity contribution in [2.75, 3.05) is 33.2 Å². The van der Waals surface area contributed by atoms with Crippen molar-refractivity contribution in [2.45, 2.75) is 39.5 Å². The predicted molar refractivity (Wildman–Crippen MR) is 131 cm³/mol. The molecule has 2 heterocycles. The topological polar surface area (TPSA) is 72.5 Å². The summed E-state index contributed by atoms with van der Waals surface area (Å²) in [5.74, 6) is 1.62. The van der Waals surface area contributed by atoms with Crippen LogP contribution in [0.25, 0.3) is 10.9 Å². The second-order valence-electron chi connectivity index (χ2n) is 7.66. The van der Waals surface area contributed by atoms with Crippen LogP contribution in [0.2, 0.25) is 0 Å². The summed E-state index contributed by atoms with van der Waals surface area (Å²) >= 11 is 0. The lowest BCUT2D eigenvalue weighted by atomic mass is 9.93. The molecule has 1 aromatic carbocycles. The Morgan fingerprint density at radius 2 is 2.07 bits per heavy atom. The molecule has 6 nitrogen and oxygen atoms in total. The van der Waals surface area contributed by atoms with E-state index in [0.717, 1.165) is 51.4 Å².